The number of carbonyl (C=O) groups is 2. The van der Waals surface area contributed by atoms with Gasteiger partial charge in [-0.25, -0.2) is 4.79 Å². The molecule has 0 spiro atoms. The highest BCUT2D eigenvalue weighted by atomic mass is 79.9. The molecule has 2 rings (SSSR count). The second-order valence-corrected chi connectivity index (χ2v) is 5.78. The highest BCUT2D eigenvalue weighted by Gasteiger charge is 2.46. The molecule has 0 unspecified atom stereocenters. The second-order valence-electron chi connectivity index (χ2n) is 4.86. The van der Waals surface area contributed by atoms with Gasteiger partial charge in [0.05, 0.1) is 13.3 Å². The van der Waals surface area contributed by atoms with Crippen LogP contribution in [0.4, 0.5) is 4.79 Å². The monoisotopic (exact) mass is 353 g/mol. The van der Waals surface area contributed by atoms with E-state index in [4.69, 9.17) is 4.74 Å². The van der Waals surface area contributed by atoms with Crippen molar-refractivity contribution in [2.45, 2.75) is 25.8 Å². The molecule has 1 fully saturated rings. The van der Waals surface area contributed by atoms with Crippen LogP contribution in [0.3, 0.4) is 0 Å². The molecule has 21 heavy (non-hydrogen) atoms. The van der Waals surface area contributed by atoms with Crippen LogP contribution in [0.1, 0.15) is 25.8 Å². The molecule has 1 atom stereocenters. The van der Waals surface area contributed by atoms with Crippen molar-refractivity contribution in [1.82, 2.24) is 10.3 Å². The van der Waals surface area contributed by atoms with Crippen LogP contribution in [0.15, 0.2) is 27.8 Å². The van der Waals surface area contributed by atoms with Crippen LogP contribution >= 0.6 is 15.9 Å². The Morgan fingerprint density at radius 2 is 2.19 bits per heavy atom. The van der Waals surface area contributed by atoms with Crippen molar-refractivity contribution in [3.05, 3.63) is 28.2 Å². The number of amides is 3. The molecule has 3 amide bonds. The number of carbonyl (C=O) groups excluding carboxylic acids is 2. The Morgan fingerprint density at radius 1 is 1.48 bits per heavy atom. The average molecular weight is 354 g/mol. The van der Waals surface area contributed by atoms with E-state index in [9.17, 15) is 9.59 Å². The Labute approximate surface area is 131 Å². The van der Waals surface area contributed by atoms with Crippen LogP contribution in [-0.4, -0.2) is 35.8 Å². The fourth-order valence-corrected chi connectivity index (χ4v) is 2.32. The largest absolute Gasteiger partial charge is 0.496 e. The van der Waals surface area contributed by atoms with E-state index in [1.807, 2.05) is 13.0 Å². The minimum Gasteiger partial charge on any atom is -0.496 e. The number of benzene rings is 1. The molecule has 112 valence electrons. The summed E-state index contributed by atoms with van der Waals surface area (Å²) < 4.78 is 6.06. The molecule has 1 aliphatic rings. The Bertz CT molecular complexity index is 617. The zero-order valence-electron chi connectivity index (χ0n) is 12.0. The molecule has 1 N–H and O–H groups in total. The Morgan fingerprint density at radius 3 is 2.76 bits per heavy atom. The van der Waals surface area contributed by atoms with Crippen molar-refractivity contribution in [1.29, 1.82) is 0 Å². The summed E-state index contributed by atoms with van der Waals surface area (Å²) >= 11 is 3.35. The summed E-state index contributed by atoms with van der Waals surface area (Å²) in [5.74, 6) is 0.243. The first-order valence-electron chi connectivity index (χ1n) is 6.45. The zero-order chi connectivity index (χ0) is 15.6. The number of ether oxygens (including phenoxy) is 1. The summed E-state index contributed by atoms with van der Waals surface area (Å²) in [5, 5.41) is 7.48. The van der Waals surface area contributed by atoms with Gasteiger partial charge < -0.3 is 10.1 Å². The number of nitrogens with one attached hydrogen (secondary N) is 1. The maximum Gasteiger partial charge on any atom is 0.346 e. The van der Waals surface area contributed by atoms with E-state index in [1.54, 1.807) is 26.2 Å². The molecule has 0 radical (unpaired) electrons. The van der Waals surface area contributed by atoms with Gasteiger partial charge in [0.2, 0.25) is 0 Å². The number of hydrogen-bond acceptors (Lipinski definition) is 4. The van der Waals surface area contributed by atoms with E-state index >= 15 is 0 Å². The summed E-state index contributed by atoms with van der Waals surface area (Å²) in [4.78, 5) is 24.0. The quantitative estimate of drug-likeness (QED) is 0.667. The predicted molar refractivity (Wildman–Crippen MR) is 82.4 cm³/mol. The number of hydrogen-bond donors (Lipinski definition) is 1. The third-order valence-corrected chi connectivity index (χ3v) is 3.94. The fourth-order valence-electron chi connectivity index (χ4n) is 1.94. The SMILES string of the molecule is CC[C@]1(C)NC(=O)N(/N=C\c2cc(Br)ccc2OC)C1=O. The lowest BCUT2D eigenvalue weighted by Gasteiger charge is -2.17. The van der Waals surface area contributed by atoms with Gasteiger partial charge in [-0.3, -0.25) is 4.79 Å². The van der Waals surface area contributed by atoms with E-state index in [1.165, 1.54) is 6.21 Å². The van der Waals surface area contributed by atoms with Gasteiger partial charge in [0, 0.05) is 10.0 Å². The van der Waals surface area contributed by atoms with Crippen molar-refractivity contribution in [3.8, 4) is 5.75 Å². The van der Waals surface area contributed by atoms with Crippen molar-refractivity contribution >= 4 is 34.1 Å². The molecule has 6 nitrogen and oxygen atoms in total. The first-order valence-corrected chi connectivity index (χ1v) is 7.25. The number of methoxy groups -OCH3 is 1. The lowest BCUT2D eigenvalue weighted by atomic mass is 10.00. The van der Waals surface area contributed by atoms with Gasteiger partial charge in [-0.05, 0) is 31.5 Å². The Balaban J connectivity index is 2.28. The topological polar surface area (TPSA) is 71.0 Å². The first kappa shape index (κ1) is 15.5. The molecule has 1 heterocycles. The summed E-state index contributed by atoms with van der Waals surface area (Å²) in [6.45, 7) is 3.52. The highest BCUT2D eigenvalue weighted by molar-refractivity contribution is 9.10. The highest BCUT2D eigenvalue weighted by Crippen LogP contribution is 2.23. The number of rotatable bonds is 4. The molecule has 0 aliphatic carbocycles. The van der Waals surface area contributed by atoms with Gasteiger partial charge in [0.15, 0.2) is 0 Å². The number of nitrogens with zero attached hydrogens (tertiary/aromatic N) is 2. The summed E-state index contributed by atoms with van der Waals surface area (Å²) in [6.07, 6.45) is 1.94. The van der Waals surface area contributed by atoms with Gasteiger partial charge in [-0.2, -0.15) is 5.10 Å². The lowest BCUT2D eigenvalue weighted by molar-refractivity contribution is -0.130. The lowest BCUT2D eigenvalue weighted by Crippen LogP contribution is -2.42. The van der Waals surface area contributed by atoms with Crippen molar-refractivity contribution in [3.63, 3.8) is 0 Å². The number of halogens is 1. The van der Waals surface area contributed by atoms with Gasteiger partial charge >= 0.3 is 6.03 Å². The third-order valence-electron chi connectivity index (χ3n) is 3.45. The van der Waals surface area contributed by atoms with Crippen LogP contribution in [0.25, 0.3) is 0 Å². The molecule has 0 bridgehead atoms. The smallest absolute Gasteiger partial charge is 0.346 e. The first-order chi connectivity index (χ1) is 9.91. The van der Waals surface area contributed by atoms with Crippen LogP contribution in [0, 0.1) is 0 Å². The van der Waals surface area contributed by atoms with Crippen LogP contribution in [0.5, 0.6) is 5.75 Å². The average Bonchev–Trinajstić information content (AvgIpc) is 2.68. The van der Waals surface area contributed by atoms with Crippen LogP contribution in [-0.2, 0) is 4.79 Å². The molecule has 1 aromatic carbocycles. The van der Waals surface area contributed by atoms with E-state index in [2.05, 4.69) is 26.3 Å². The molecule has 0 aromatic heterocycles. The van der Waals surface area contributed by atoms with Crippen molar-refractivity contribution < 1.29 is 14.3 Å². The molecule has 1 aliphatic heterocycles. The van der Waals surface area contributed by atoms with E-state index in [0.717, 1.165) is 9.48 Å². The molecule has 7 heteroatoms. The second kappa shape index (κ2) is 5.85. The Kier molecular flexibility index (Phi) is 4.32. The fraction of sp³-hybridized carbons (Fsp3) is 0.357. The van der Waals surface area contributed by atoms with E-state index in [-0.39, 0.29) is 5.91 Å². The number of hydrazone groups is 1. The van der Waals surface area contributed by atoms with E-state index in [0.29, 0.717) is 17.7 Å². The molecule has 1 saturated heterocycles. The van der Waals surface area contributed by atoms with Gasteiger partial charge in [-0.15, -0.1) is 5.01 Å². The van der Waals surface area contributed by atoms with Gasteiger partial charge in [0.25, 0.3) is 5.91 Å². The maximum atomic E-state index is 12.2. The third kappa shape index (κ3) is 2.92. The van der Waals surface area contributed by atoms with Gasteiger partial charge in [-0.1, -0.05) is 22.9 Å². The number of urea groups is 1. The summed E-state index contributed by atoms with van der Waals surface area (Å²) in [5.41, 5.74) is -0.229. The number of imide groups is 1. The normalized spacial score (nSPS) is 22.0. The van der Waals surface area contributed by atoms with E-state index < -0.39 is 11.6 Å². The maximum absolute atomic E-state index is 12.2. The standard InChI is InChI=1S/C14H16BrN3O3/c1-4-14(2)12(19)18(13(20)17-14)16-8-9-7-10(15)5-6-11(9)21-3/h5-8H,4H2,1-3H3,(H,17,20)/b16-8-/t14-/m0/s1. The van der Waals surface area contributed by atoms with Crippen LogP contribution < -0.4 is 10.1 Å². The minimum atomic E-state index is -0.893. The molecular formula is C14H16BrN3O3. The minimum absolute atomic E-state index is 0.361. The summed E-state index contributed by atoms with van der Waals surface area (Å²) in [7, 11) is 1.54. The summed E-state index contributed by atoms with van der Waals surface area (Å²) in [6, 6.07) is 4.88. The van der Waals surface area contributed by atoms with Crippen molar-refractivity contribution in [2.75, 3.05) is 7.11 Å². The molecule has 1 aromatic rings. The molecule has 0 saturated carbocycles. The molecular weight excluding hydrogens is 338 g/mol. The van der Waals surface area contributed by atoms with Crippen molar-refractivity contribution in [2.24, 2.45) is 5.10 Å². The Hall–Kier alpha value is -1.89. The predicted octanol–water partition coefficient (Wildman–Crippen LogP) is 2.51. The zero-order valence-corrected chi connectivity index (χ0v) is 13.6. The van der Waals surface area contributed by atoms with Crippen LogP contribution in [0.2, 0.25) is 0 Å². The van der Waals surface area contributed by atoms with Gasteiger partial charge in [0.1, 0.15) is 11.3 Å².